The van der Waals surface area contributed by atoms with Crippen LogP contribution in [0.4, 0.5) is 0 Å². The average Bonchev–Trinajstić information content (AvgIpc) is 2.73. The first kappa shape index (κ1) is 14.2. The van der Waals surface area contributed by atoms with Gasteiger partial charge in [-0.15, -0.1) is 12.4 Å². The second kappa shape index (κ2) is 7.49. The Morgan fingerprint density at radius 1 is 1.12 bits per heavy atom. The zero-order valence-electron chi connectivity index (χ0n) is 10.1. The van der Waals surface area contributed by atoms with E-state index < -0.39 is 0 Å². The second-order valence-electron chi connectivity index (χ2n) is 4.84. The quantitative estimate of drug-likeness (QED) is 0.752. The number of fused-ring (bicyclic) bond motifs is 1. The molecule has 2 rings (SSSR count). The number of nitrogens with zero attached hydrogens (tertiary/aromatic N) is 1. The van der Waals surface area contributed by atoms with E-state index in [1.54, 1.807) is 0 Å². The summed E-state index contributed by atoms with van der Waals surface area (Å²) in [6.45, 7) is 4.61. The van der Waals surface area contributed by atoms with Crippen LogP contribution in [-0.4, -0.2) is 43.8 Å². The van der Waals surface area contributed by atoms with Gasteiger partial charge < -0.3 is 10.5 Å². The number of ether oxygens (including phenoxy) is 1. The van der Waals surface area contributed by atoms with Gasteiger partial charge in [0.15, 0.2) is 0 Å². The Labute approximate surface area is 105 Å². The first-order valence-electron chi connectivity index (χ1n) is 6.43. The molecular formula is C12H25ClN2O. The maximum atomic E-state index is 5.47. The van der Waals surface area contributed by atoms with Crippen LogP contribution >= 0.6 is 12.4 Å². The minimum Gasteiger partial charge on any atom is -0.379 e. The Kier molecular flexibility index (Phi) is 6.66. The largest absolute Gasteiger partial charge is 0.379 e. The van der Waals surface area contributed by atoms with Crippen LogP contribution in [0.1, 0.15) is 32.1 Å². The highest BCUT2D eigenvalue weighted by molar-refractivity contribution is 5.85. The van der Waals surface area contributed by atoms with Crippen LogP contribution in [-0.2, 0) is 4.74 Å². The summed E-state index contributed by atoms with van der Waals surface area (Å²) in [5, 5.41) is 0. The molecule has 0 radical (unpaired) electrons. The fraction of sp³-hybridized carbons (Fsp3) is 1.00. The Hall–Kier alpha value is 0.170. The predicted octanol–water partition coefficient (Wildman–Crippen LogP) is 1.65. The molecule has 1 saturated heterocycles. The van der Waals surface area contributed by atoms with Gasteiger partial charge in [-0.2, -0.15) is 0 Å². The Morgan fingerprint density at radius 3 is 2.75 bits per heavy atom. The van der Waals surface area contributed by atoms with Crippen molar-refractivity contribution >= 4 is 12.4 Å². The summed E-state index contributed by atoms with van der Waals surface area (Å²) in [6.07, 6.45) is 7.17. The van der Waals surface area contributed by atoms with Gasteiger partial charge in [-0.3, -0.25) is 4.90 Å². The Morgan fingerprint density at radius 2 is 1.94 bits per heavy atom. The molecule has 1 saturated carbocycles. The molecule has 1 aliphatic carbocycles. The third-order valence-electron chi connectivity index (χ3n) is 3.89. The van der Waals surface area contributed by atoms with Crippen molar-refractivity contribution in [3.63, 3.8) is 0 Å². The molecule has 4 heteroatoms. The lowest BCUT2D eigenvalue weighted by molar-refractivity contribution is 0.0602. The molecule has 0 aromatic carbocycles. The van der Waals surface area contributed by atoms with Crippen LogP contribution < -0.4 is 5.73 Å². The highest BCUT2D eigenvalue weighted by Gasteiger charge is 2.34. The Balaban J connectivity index is 0.00000128. The molecule has 0 amide bonds. The van der Waals surface area contributed by atoms with E-state index in [4.69, 9.17) is 10.5 Å². The summed E-state index contributed by atoms with van der Waals surface area (Å²) in [5.74, 6) is 0.994. The average molecular weight is 249 g/mol. The van der Waals surface area contributed by atoms with Crippen molar-refractivity contribution in [2.75, 3.05) is 32.8 Å². The van der Waals surface area contributed by atoms with E-state index in [1.807, 2.05) is 0 Å². The van der Waals surface area contributed by atoms with Crippen LogP contribution in [0.5, 0.6) is 0 Å². The van der Waals surface area contributed by atoms with Crippen molar-refractivity contribution in [2.24, 2.45) is 11.7 Å². The molecular weight excluding hydrogens is 224 g/mol. The van der Waals surface area contributed by atoms with Crippen LogP contribution in [0.2, 0.25) is 0 Å². The van der Waals surface area contributed by atoms with E-state index in [9.17, 15) is 0 Å². The molecule has 96 valence electrons. The normalized spacial score (nSPS) is 29.8. The van der Waals surface area contributed by atoms with Gasteiger partial charge in [0.1, 0.15) is 0 Å². The molecule has 2 aliphatic rings. The number of hydrogen-bond donors (Lipinski definition) is 1. The molecule has 2 unspecified atom stereocenters. The van der Waals surface area contributed by atoms with Crippen molar-refractivity contribution in [3.8, 4) is 0 Å². The maximum Gasteiger partial charge on any atom is 0.0594 e. The predicted molar refractivity (Wildman–Crippen MR) is 69.1 cm³/mol. The van der Waals surface area contributed by atoms with Crippen LogP contribution in [0, 0.1) is 5.92 Å². The van der Waals surface area contributed by atoms with Crippen molar-refractivity contribution in [2.45, 2.75) is 38.1 Å². The molecule has 0 aromatic heterocycles. The van der Waals surface area contributed by atoms with Gasteiger partial charge in [0.25, 0.3) is 0 Å². The van der Waals surface area contributed by atoms with E-state index in [0.29, 0.717) is 13.2 Å². The number of rotatable bonds is 5. The number of halogens is 1. The molecule has 2 atom stereocenters. The van der Waals surface area contributed by atoms with Crippen LogP contribution in [0.15, 0.2) is 0 Å². The van der Waals surface area contributed by atoms with Crippen LogP contribution in [0.3, 0.4) is 0 Å². The van der Waals surface area contributed by atoms with Gasteiger partial charge in [0.05, 0.1) is 13.2 Å². The van der Waals surface area contributed by atoms with Gasteiger partial charge >= 0.3 is 0 Å². The number of nitrogens with two attached hydrogens (primary N) is 1. The van der Waals surface area contributed by atoms with E-state index in [-0.39, 0.29) is 12.4 Å². The molecule has 0 aromatic rings. The molecule has 2 N–H and O–H groups in total. The molecule has 1 aliphatic heterocycles. The highest BCUT2D eigenvalue weighted by atomic mass is 35.5. The Bertz CT molecular complexity index is 192. The van der Waals surface area contributed by atoms with E-state index in [1.165, 1.54) is 38.6 Å². The summed E-state index contributed by atoms with van der Waals surface area (Å²) in [5.41, 5.74) is 5.39. The third kappa shape index (κ3) is 3.59. The lowest BCUT2D eigenvalue weighted by Crippen LogP contribution is -2.44. The summed E-state index contributed by atoms with van der Waals surface area (Å²) in [7, 11) is 0. The molecule has 0 bridgehead atoms. The lowest BCUT2D eigenvalue weighted by atomic mass is 9.92. The first-order valence-corrected chi connectivity index (χ1v) is 6.43. The zero-order chi connectivity index (χ0) is 10.5. The van der Waals surface area contributed by atoms with Crippen molar-refractivity contribution in [1.82, 2.24) is 4.90 Å². The fourth-order valence-corrected chi connectivity index (χ4v) is 3.20. The second-order valence-corrected chi connectivity index (χ2v) is 4.84. The van der Waals surface area contributed by atoms with Gasteiger partial charge in [-0.05, 0) is 38.1 Å². The monoisotopic (exact) mass is 248 g/mol. The minimum atomic E-state index is 0. The van der Waals surface area contributed by atoms with Gasteiger partial charge in [-0.1, -0.05) is 6.42 Å². The van der Waals surface area contributed by atoms with E-state index in [0.717, 1.165) is 25.1 Å². The number of piperidine rings is 1. The highest BCUT2D eigenvalue weighted by Crippen LogP contribution is 2.36. The summed E-state index contributed by atoms with van der Waals surface area (Å²) >= 11 is 0. The topological polar surface area (TPSA) is 38.5 Å². The smallest absolute Gasteiger partial charge is 0.0594 e. The number of hydrogen-bond acceptors (Lipinski definition) is 3. The van der Waals surface area contributed by atoms with Crippen molar-refractivity contribution < 1.29 is 4.74 Å². The van der Waals surface area contributed by atoms with Gasteiger partial charge in [0.2, 0.25) is 0 Å². The van der Waals surface area contributed by atoms with Crippen LogP contribution in [0.25, 0.3) is 0 Å². The number of likely N-dealkylation sites (tertiary alicyclic amines) is 1. The maximum absolute atomic E-state index is 5.47. The van der Waals surface area contributed by atoms with Crippen molar-refractivity contribution in [3.05, 3.63) is 0 Å². The SMILES string of the molecule is Cl.NCCOCCN1CCCC2CCCC21. The molecule has 2 fully saturated rings. The van der Waals surface area contributed by atoms with Gasteiger partial charge in [-0.25, -0.2) is 0 Å². The molecule has 16 heavy (non-hydrogen) atoms. The third-order valence-corrected chi connectivity index (χ3v) is 3.89. The first-order chi connectivity index (χ1) is 7.42. The van der Waals surface area contributed by atoms with E-state index in [2.05, 4.69) is 4.90 Å². The van der Waals surface area contributed by atoms with Gasteiger partial charge in [0, 0.05) is 19.1 Å². The molecule has 1 heterocycles. The standard InChI is InChI=1S/C12H24N2O.ClH/c13-6-9-15-10-8-14-7-2-4-11-3-1-5-12(11)14;/h11-12H,1-10,13H2;1H. The minimum absolute atomic E-state index is 0. The summed E-state index contributed by atoms with van der Waals surface area (Å²) < 4.78 is 5.47. The summed E-state index contributed by atoms with van der Waals surface area (Å²) in [4.78, 5) is 2.65. The summed E-state index contributed by atoms with van der Waals surface area (Å²) in [6, 6.07) is 0.875. The fourth-order valence-electron chi connectivity index (χ4n) is 3.20. The van der Waals surface area contributed by atoms with E-state index >= 15 is 0 Å². The van der Waals surface area contributed by atoms with Crippen molar-refractivity contribution in [1.29, 1.82) is 0 Å². The lowest BCUT2D eigenvalue weighted by Gasteiger charge is -2.37. The molecule has 3 nitrogen and oxygen atoms in total. The molecule has 0 spiro atoms. The zero-order valence-corrected chi connectivity index (χ0v) is 10.9.